The van der Waals surface area contributed by atoms with Gasteiger partial charge in [-0.05, 0) is 25.3 Å². The Kier molecular flexibility index (Phi) is 6.89. The third-order valence-electron chi connectivity index (χ3n) is 3.74. The number of ether oxygens (including phenoxy) is 1. The van der Waals surface area contributed by atoms with Gasteiger partial charge in [-0.3, -0.25) is 0 Å². The van der Waals surface area contributed by atoms with E-state index in [1.54, 1.807) is 17.3 Å². The fourth-order valence-electron chi connectivity index (χ4n) is 2.52. The molecule has 0 bridgehead atoms. The van der Waals surface area contributed by atoms with Crippen LogP contribution in [-0.2, 0) is 4.74 Å². The first-order chi connectivity index (χ1) is 10.8. The van der Waals surface area contributed by atoms with E-state index in [4.69, 9.17) is 0 Å². The van der Waals surface area contributed by atoms with E-state index in [1.165, 1.54) is 26.4 Å². The van der Waals surface area contributed by atoms with Crippen LogP contribution in [0, 0.1) is 0 Å². The minimum atomic E-state index is -0.221. The zero-order valence-electron chi connectivity index (χ0n) is 13.2. The highest BCUT2D eigenvalue weighted by atomic mass is 16.5. The first kappa shape index (κ1) is 16.5. The molecule has 0 aliphatic carbocycles. The number of amides is 1. The molecule has 2 aliphatic rings. The van der Waals surface area contributed by atoms with Crippen LogP contribution >= 0.6 is 0 Å². The summed E-state index contributed by atoms with van der Waals surface area (Å²) in [6, 6.07) is 1.85. The van der Waals surface area contributed by atoms with Crippen molar-refractivity contribution in [3.05, 3.63) is 18.5 Å². The standard InChI is InChI=1S/C9H13N3.C6H12N2O2/c1-2-7-12(8-3-1)9-10-5-4-6-11-9;1-10-6(9)8-4-2-7-3-5-8/h4-6H,1-3,7-8H2;7H,2-5H2,1H3. The number of hydrogen-bond donors (Lipinski definition) is 1. The molecule has 2 aliphatic heterocycles. The van der Waals surface area contributed by atoms with Gasteiger partial charge >= 0.3 is 6.09 Å². The highest BCUT2D eigenvalue weighted by Gasteiger charge is 2.15. The van der Waals surface area contributed by atoms with E-state index in [0.29, 0.717) is 0 Å². The fourth-order valence-corrected chi connectivity index (χ4v) is 2.52. The zero-order chi connectivity index (χ0) is 15.6. The van der Waals surface area contributed by atoms with Crippen LogP contribution in [0.15, 0.2) is 18.5 Å². The second kappa shape index (κ2) is 9.19. The molecule has 1 N–H and O–H groups in total. The van der Waals surface area contributed by atoms with E-state index in [2.05, 4.69) is 24.9 Å². The van der Waals surface area contributed by atoms with Gasteiger partial charge in [0.05, 0.1) is 7.11 Å². The summed E-state index contributed by atoms with van der Waals surface area (Å²) < 4.78 is 4.55. The Morgan fingerprint density at radius 1 is 1.09 bits per heavy atom. The van der Waals surface area contributed by atoms with Gasteiger partial charge in [-0.1, -0.05) is 0 Å². The summed E-state index contributed by atoms with van der Waals surface area (Å²) in [6.07, 6.45) is 7.29. The van der Waals surface area contributed by atoms with Gasteiger partial charge in [0, 0.05) is 51.7 Å². The molecule has 1 aromatic rings. The SMILES string of the molecule is COC(=O)N1CCNCC1.c1cnc(N2CCCCC2)nc1. The predicted molar refractivity (Wildman–Crippen MR) is 84.9 cm³/mol. The molecule has 0 radical (unpaired) electrons. The Bertz CT molecular complexity index is 431. The number of piperazine rings is 1. The quantitative estimate of drug-likeness (QED) is 0.838. The van der Waals surface area contributed by atoms with Crippen LogP contribution in [0.3, 0.4) is 0 Å². The zero-order valence-corrected chi connectivity index (χ0v) is 13.2. The number of carbonyl (C=O) groups excluding carboxylic acids is 1. The highest BCUT2D eigenvalue weighted by molar-refractivity contribution is 5.67. The highest BCUT2D eigenvalue weighted by Crippen LogP contribution is 2.13. The molecule has 2 fully saturated rings. The van der Waals surface area contributed by atoms with E-state index in [-0.39, 0.29) is 6.09 Å². The molecule has 122 valence electrons. The summed E-state index contributed by atoms with van der Waals surface area (Å²) in [7, 11) is 1.41. The topological polar surface area (TPSA) is 70.6 Å². The van der Waals surface area contributed by atoms with Gasteiger partial charge in [0.15, 0.2) is 0 Å². The maximum absolute atomic E-state index is 10.8. The number of methoxy groups -OCH3 is 1. The van der Waals surface area contributed by atoms with Crippen LogP contribution in [0.2, 0.25) is 0 Å². The van der Waals surface area contributed by atoms with Gasteiger partial charge in [0.2, 0.25) is 5.95 Å². The molecule has 1 aromatic heterocycles. The summed E-state index contributed by atoms with van der Waals surface area (Å²) in [4.78, 5) is 23.2. The molecule has 0 saturated carbocycles. The first-order valence-corrected chi connectivity index (χ1v) is 7.87. The Balaban J connectivity index is 0.000000164. The van der Waals surface area contributed by atoms with Crippen molar-refractivity contribution in [2.45, 2.75) is 19.3 Å². The molecule has 0 unspecified atom stereocenters. The molecular formula is C15H25N5O2. The van der Waals surface area contributed by atoms with Gasteiger partial charge in [-0.25, -0.2) is 14.8 Å². The molecule has 3 rings (SSSR count). The number of aromatic nitrogens is 2. The molecule has 1 amide bonds. The number of carbonyl (C=O) groups is 1. The number of piperidine rings is 1. The lowest BCUT2D eigenvalue weighted by atomic mass is 10.1. The van der Waals surface area contributed by atoms with Crippen molar-refractivity contribution in [2.75, 3.05) is 51.3 Å². The molecule has 22 heavy (non-hydrogen) atoms. The summed E-state index contributed by atoms with van der Waals surface area (Å²) in [5.74, 6) is 0.886. The number of hydrogen-bond acceptors (Lipinski definition) is 6. The summed E-state index contributed by atoms with van der Waals surface area (Å²) in [5, 5.41) is 3.14. The van der Waals surface area contributed by atoms with E-state index < -0.39 is 0 Å². The molecule has 0 spiro atoms. The van der Waals surface area contributed by atoms with Crippen molar-refractivity contribution < 1.29 is 9.53 Å². The monoisotopic (exact) mass is 307 g/mol. The number of rotatable bonds is 1. The van der Waals surface area contributed by atoms with Gasteiger partial charge in [0.25, 0.3) is 0 Å². The van der Waals surface area contributed by atoms with E-state index >= 15 is 0 Å². The van der Waals surface area contributed by atoms with E-state index in [1.807, 2.05) is 6.07 Å². The Morgan fingerprint density at radius 3 is 2.32 bits per heavy atom. The van der Waals surface area contributed by atoms with Gasteiger partial charge < -0.3 is 19.9 Å². The van der Waals surface area contributed by atoms with Gasteiger partial charge in [-0.2, -0.15) is 0 Å². The average molecular weight is 307 g/mol. The van der Waals surface area contributed by atoms with E-state index in [0.717, 1.165) is 45.2 Å². The summed E-state index contributed by atoms with van der Waals surface area (Å²) in [6.45, 7) is 5.48. The van der Waals surface area contributed by atoms with Crippen molar-refractivity contribution in [3.8, 4) is 0 Å². The molecule has 7 heteroatoms. The van der Waals surface area contributed by atoms with Crippen LogP contribution in [0.4, 0.5) is 10.7 Å². The predicted octanol–water partition coefficient (Wildman–Crippen LogP) is 1.12. The summed E-state index contributed by atoms with van der Waals surface area (Å²) >= 11 is 0. The lowest BCUT2D eigenvalue weighted by molar-refractivity contribution is 0.118. The van der Waals surface area contributed by atoms with Crippen LogP contribution in [-0.4, -0.2) is 67.3 Å². The fraction of sp³-hybridized carbons (Fsp3) is 0.667. The molecule has 0 aromatic carbocycles. The smallest absolute Gasteiger partial charge is 0.409 e. The lowest BCUT2D eigenvalue weighted by Crippen LogP contribution is -2.46. The Hall–Kier alpha value is -1.89. The van der Waals surface area contributed by atoms with Gasteiger partial charge in [0.1, 0.15) is 0 Å². The molecular weight excluding hydrogens is 282 g/mol. The van der Waals surface area contributed by atoms with E-state index in [9.17, 15) is 4.79 Å². The first-order valence-electron chi connectivity index (χ1n) is 7.87. The Labute approximate surface area is 131 Å². The van der Waals surface area contributed by atoms with Crippen molar-refractivity contribution in [2.24, 2.45) is 0 Å². The normalized spacial score (nSPS) is 18.2. The van der Waals surface area contributed by atoms with Crippen molar-refractivity contribution in [3.63, 3.8) is 0 Å². The Morgan fingerprint density at radius 2 is 1.73 bits per heavy atom. The van der Waals surface area contributed by atoms with Gasteiger partial charge in [-0.15, -0.1) is 0 Å². The maximum atomic E-state index is 10.8. The molecule has 7 nitrogen and oxygen atoms in total. The average Bonchev–Trinajstić information content (AvgIpc) is 2.64. The maximum Gasteiger partial charge on any atom is 0.409 e. The minimum Gasteiger partial charge on any atom is -0.453 e. The van der Waals surface area contributed by atoms with Crippen LogP contribution in [0.25, 0.3) is 0 Å². The molecule has 3 heterocycles. The third-order valence-corrected chi connectivity index (χ3v) is 3.74. The number of nitrogens with zero attached hydrogens (tertiary/aromatic N) is 4. The third kappa shape index (κ3) is 5.14. The molecule has 0 atom stereocenters. The largest absolute Gasteiger partial charge is 0.453 e. The van der Waals surface area contributed by atoms with Crippen LogP contribution < -0.4 is 10.2 Å². The lowest BCUT2D eigenvalue weighted by Gasteiger charge is -2.26. The van der Waals surface area contributed by atoms with Crippen LogP contribution in [0.1, 0.15) is 19.3 Å². The minimum absolute atomic E-state index is 0.221. The van der Waals surface area contributed by atoms with Crippen molar-refractivity contribution >= 4 is 12.0 Å². The number of anilines is 1. The second-order valence-corrected chi connectivity index (χ2v) is 5.30. The van der Waals surface area contributed by atoms with Crippen molar-refractivity contribution in [1.29, 1.82) is 0 Å². The second-order valence-electron chi connectivity index (χ2n) is 5.30. The van der Waals surface area contributed by atoms with Crippen LogP contribution in [0.5, 0.6) is 0 Å². The van der Waals surface area contributed by atoms with Crippen molar-refractivity contribution in [1.82, 2.24) is 20.2 Å². The summed E-state index contributed by atoms with van der Waals surface area (Å²) in [5.41, 5.74) is 0. The number of nitrogens with one attached hydrogen (secondary N) is 1. The molecule has 2 saturated heterocycles.